The molecule has 0 spiro atoms. The summed E-state index contributed by atoms with van der Waals surface area (Å²) in [4.78, 5) is 0.584. The summed E-state index contributed by atoms with van der Waals surface area (Å²) >= 11 is 6.04. The van der Waals surface area contributed by atoms with E-state index in [1.54, 1.807) is 18.2 Å². The molecule has 1 aromatic carbocycles. The highest BCUT2D eigenvalue weighted by Gasteiger charge is 2.20. The minimum Gasteiger partial charge on any atom is -0.398 e. The molecule has 94 valence electrons. The first-order chi connectivity index (χ1) is 8.18. The second kappa shape index (κ2) is 5.85. The zero-order valence-corrected chi connectivity index (χ0v) is 11.1. The fraction of sp³-hybridized carbons (Fsp3) is 0.500. The zero-order chi connectivity index (χ0) is 12.3. The molecule has 0 aromatic heterocycles. The highest BCUT2D eigenvalue weighted by molar-refractivity contribution is 7.85. The number of hydrogen-bond donors (Lipinski definition) is 1. The molecule has 3 nitrogen and oxygen atoms in total. The van der Waals surface area contributed by atoms with Crippen molar-refractivity contribution < 1.29 is 8.95 Å². The van der Waals surface area contributed by atoms with Crippen LogP contribution in [0.5, 0.6) is 0 Å². The molecule has 5 heteroatoms. The minimum absolute atomic E-state index is 0.445. The summed E-state index contributed by atoms with van der Waals surface area (Å²) in [6, 6.07) is 5.24. The van der Waals surface area contributed by atoms with E-state index in [1.165, 1.54) is 0 Å². The van der Waals surface area contributed by atoms with Gasteiger partial charge in [0, 0.05) is 24.7 Å². The first-order valence-electron chi connectivity index (χ1n) is 5.68. The molecular weight excluding hydrogens is 258 g/mol. The number of nitrogens with two attached hydrogens (primary N) is 1. The molecule has 2 rings (SSSR count). The Morgan fingerprint density at radius 3 is 2.76 bits per heavy atom. The number of anilines is 1. The van der Waals surface area contributed by atoms with Crippen LogP contribution >= 0.6 is 11.6 Å². The second-order valence-electron chi connectivity index (χ2n) is 4.23. The van der Waals surface area contributed by atoms with Gasteiger partial charge in [-0.25, -0.2) is 0 Å². The summed E-state index contributed by atoms with van der Waals surface area (Å²) in [5, 5.41) is 0.496. The third-order valence-corrected chi connectivity index (χ3v) is 5.07. The number of ether oxygens (including phenoxy) is 1. The minimum atomic E-state index is -1.12. The van der Waals surface area contributed by atoms with E-state index in [-0.39, 0.29) is 0 Å². The lowest BCUT2D eigenvalue weighted by Gasteiger charge is -2.21. The van der Waals surface area contributed by atoms with E-state index in [1.807, 2.05) is 0 Å². The monoisotopic (exact) mass is 273 g/mol. The van der Waals surface area contributed by atoms with E-state index < -0.39 is 10.8 Å². The van der Waals surface area contributed by atoms with Crippen molar-refractivity contribution in [3.05, 3.63) is 23.2 Å². The van der Waals surface area contributed by atoms with Gasteiger partial charge in [-0.3, -0.25) is 4.21 Å². The normalized spacial score (nSPS) is 19.1. The maximum Gasteiger partial charge on any atom is 0.0803 e. The van der Waals surface area contributed by atoms with Crippen LogP contribution in [0, 0.1) is 5.92 Å². The molecule has 1 heterocycles. The molecule has 17 heavy (non-hydrogen) atoms. The molecule has 1 atom stereocenters. The van der Waals surface area contributed by atoms with Gasteiger partial charge >= 0.3 is 0 Å². The molecule has 0 amide bonds. The van der Waals surface area contributed by atoms with Crippen molar-refractivity contribution >= 4 is 28.1 Å². The van der Waals surface area contributed by atoms with Crippen LogP contribution in [-0.2, 0) is 15.5 Å². The number of hydrogen-bond acceptors (Lipinski definition) is 3. The predicted octanol–water partition coefficient (Wildman–Crippen LogP) is 2.46. The lowest BCUT2D eigenvalue weighted by atomic mass is 10.0. The van der Waals surface area contributed by atoms with Crippen molar-refractivity contribution in [3.63, 3.8) is 0 Å². The lowest BCUT2D eigenvalue weighted by Crippen LogP contribution is -2.21. The summed E-state index contributed by atoms with van der Waals surface area (Å²) in [5.41, 5.74) is 6.34. The van der Waals surface area contributed by atoms with E-state index >= 15 is 0 Å². The van der Waals surface area contributed by atoms with Gasteiger partial charge in [-0.2, -0.15) is 0 Å². The van der Waals surface area contributed by atoms with Gasteiger partial charge < -0.3 is 10.5 Å². The molecule has 1 saturated heterocycles. The standard InChI is InChI=1S/C12H16ClNO2S/c13-10-2-1-3-11(14)12(10)17(15)8-9-4-6-16-7-5-9/h1-3,9H,4-8,14H2. The highest BCUT2D eigenvalue weighted by atomic mass is 35.5. The Kier molecular flexibility index (Phi) is 4.42. The van der Waals surface area contributed by atoms with Crippen LogP contribution < -0.4 is 5.73 Å². The summed E-state index contributed by atoms with van der Waals surface area (Å²) in [6.45, 7) is 1.53. The maximum atomic E-state index is 12.3. The topological polar surface area (TPSA) is 52.3 Å². The van der Waals surface area contributed by atoms with Crippen molar-refractivity contribution in [1.29, 1.82) is 0 Å². The Labute approximate surface area is 109 Å². The van der Waals surface area contributed by atoms with Gasteiger partial charge in [-0.1, -0.05) is 17.7 Å². The van der Waals surface area contributed by atoms with Crippen molar-refractivity contribution in [1.82, 2.24) is 0 Å². The van der Waals surface area contributed by atoms with Crippen molar-refractivity contribution in [2.75, 3.05) is 24.7 Å². The number of benzene rings is 1. The number of rotatable bonds is 3. The fourth-order valence-electron chi connectivity index (χ4n) is 1.98. The van der Waals surface area contributed by atoms with Crippen LogP contribution in [0.1, 0.15) is 12.8 Å². The third-order valence-electron chi connectivity index (χ3n) is 2.95. The van der Waals surface area contributed by atoms with Crippen molar-refractivity contribution in [2.45, 2.75) is 17.7 Å². The molecule has 0 saturated carbocycles. The molecule has 1 aromatic rings. The molecular formula is C12H16ClNO2S. The fourth-order valence-corrected chi connectivity index (χ4v) is 3.96. The Hall–Kier alpha value is -0.580. The van der Waals surface area contributed by atoms with Gasteiger partial charge in [0.25, 0.3) is 0 Å². The largest absolute Gasteiger partial charge is 0.398 e. The maximum absolute atomic E-state index is 12.3. The van der Waals surface area contributed by atoms with Crippen LogP contribution in [0.4, 0.5) is 5.69 Å². The quantitative estimate of drug-likeness (QED) is 0.861. The lowest BCUT2D eigenvalue weighted by molar-refractivity contribution is 0.0726. The molecule has 1 aliphatic heterocycles. The smallest absolute Gasteiger partial charge is 0.0803 e. The number of nitrogen functional groups attached to an aromatic ring is 1. The van der Waals surface area contributed by atoms with E-state index in [9.17, 15) is 4.21 Å². The molecule has 1 unspecified atom stereocenters. The van der Waals surface area contributed by atoms with E-state index in [0.717, 1.165) is 26.1 Å². The van der Waals surface area contributed by atoms with E-state index in [4.69, 9.17) is 22.1 Å². The van der Waals surface area contributed by atoms with Crippen LogP contribution in [0.15, 0.2) is 23.1 Å². The molecule has 1 aliphatic rings. The van der Waals surface area contributed by atoms with Gasteiger partial charge in [-0.15, -0.1) is 0 Å². The van der Waals surface area contributed by atoms with Crippen molar-refractivity contribution in [3.8, 4) is 0 Å². The predicted molar refractivity (Wildman–Crippen MR) is 70.7 cm³/mol. The molecule has 2 N–H and O–H groups in total. The molecule has 1 fully saturated rings. The van der Waals surface area contributed by atoms with Gasteiger partial charge in [0.15, 0.2) is 0 Å². The van der Waals surface area contributed by atoms with E-state index in [0.29, 0.717) is 27.3 Å². The summed E-state index contributed by atoms with van der Waals surface area (Å²) in [6.07, 6.45) is 1.94. The zero-order valence-electron chi connectivity index (χ0n) is 9.52. The summed E-state index contributed by atoms with van der Waals surface area (Å²) < 4.78 is 17.5. The average molecular weight is 274 g/mol. The van der Waals surface area contributed by atoms with Crippen LogP contribution in [0.2, 0.25) is 5.02 Å². The van der Waals surface area contributed by atoms with E-state index in [2.05, 4.69) is 0 Å². The summed E-state index contributed by atoms with van der Waals surface area (Å²) in [7, 11) is -1.12. The molecule has 0 bridgehead atoms. The second-order valence-corrected chi connectivity index (χ2v) is 6.07. The Bertz CT molecular complexity index is 399. The summed E-state index contributed by atoms with van der Waals surface area (Å²) in [5.74, 6) is 1.07. The van der Waals surface area contributed by atoms with Gasteiger partial charge in [0.2, 0.25) is 0 Å². The molecule has 0 radical (unpaired) electrons. The Balaban J connectivity index is 2.08. The Morgan fingerprint density at radius 2 is 2.12 bits per heavy atom. The van der Waals surface area contributed by atoms with Gasteiger partial charge in [-0.05, 0) is 30.9 Å². The first kappa shape index (κ1) is 12.9. The van der Waals surface area contributed by atoms with Crippen LogP contribution in [-0.4, -0.2) is 23.2 Å². The van der Waals surface area contributed by atoms with Crippen molar-refractivity contribution in [2.24, 2.45) is 5.92 Å². The average Bonchev–Trinajstić information content (AvgIpc) is 2.30. The number of halogens is 1. The molecule has 0 aliphatic carbocycles. The Morgan fingerprint density at radius 1 is 1.41 bits per heavy atom. The van der Waals surface area contributed by atoms with Crippen LogP contribution in [0.25, 0.3) is 0 Å². The van der Waals surface area contributed by atoms with Crippen LogP contribution in [0.3, 0.4) is 0 Å². The van der Waals surface area contributed by atoms with Gasteiger partial charge in [0.05, 0.1) is 20.7 Å². The SMILES string of the molecule is Nc1cccc(Cl)c1S(=O)CC1CCOCC1. The third kappa shape index (κ3) is 3.21. The van der Waals surface area contributed by atoms with Gasteiger partial charge in [0.1, 0.15) is 0 Å². The highest BCUT2D eigenvalue weighted by Crippen LogP contribution is 2.28. The first-order valence-corrected chi connectivity index (χ1v) is 7.38.